The van der Waals surface area contributed by atoms with E-state index < -0.39 is 23.2 Å². The van der Waals surface area contributed by atoms with Crippen molar-refractivity contribution in [1.29, 1.82) is 0 Å². The number of benzene rings is 1. The van der Waals surface area contributed by atoms with E-state index >= 15 is 0 Å². The molecule has 0 unspecified atom stereocenters. The SMILES string of the molecule is CC(C)(C)OC(=O)N1CC2(CC(=Cc3ccc(C(F)(F)F)cc3F)C2)C1. The lowest BCUT2D eigenvalue weighted by Gasteiger charge is -2.56. The second kappa shape index (κ2) is 5.99. The number of amides is 1. The average molecular weight is 371 g/mol. The summed E-state index contributed by atoms with van der Waals surface area (Å²) in [6.45, 7) is 6.61. The molecule has 0 atom stereocenters. The molecule has 1 heterocycles. The Bertz CT molecular complexity index is 746. The number of allylic oxidation sites excluding steroid dienone is 1. The summed E-state index contributed by atoms with van der Waals surface area (Å²) in [4.78, 5) is 13.6. The van der Waals surface area contributed by atoms with Crippen LogP contribution >= 0.6 is 0 Å². The molecule has 2 aliphatic rings. The Balaban J connectivity index is 1.57. The number of carbonyl (C=O) groups excluding carboxylic acids is 1. The summed E-state index contributed by atoms with van der Waals surface area (Å²) in [5, 5.41) is 0. The summed E-state index contributed by atoms with van der Waals surface area (Å²) >= 11 is 0. The minimum absolute atomic E-state index is 0.00508. The van der Waals surface area contributed by atoms with E-state index in [9.17, 15) is 22.4 Å². The monoisotopic (exact) mass is 371 g/mol. The van der Waals surface area contributed by atoms with Crippen molar-refractivity contribution >= 4 is 12.2 Å². The van der Waals surface area contributed by atoms with Gasteiger partial charge >= 0.3 is 12.3 Å². The zero-order valence-electron chi connectivity index (χ0n) is 14.9. The summed E-state index contributed by atoms with van der Waals surface area (Å²) < 4.78 is 56.9. The van der Waals surface area contributed by atoms with E-state index in [0.717, 1.165) is 17.7 Å². The first-order valence-electron chi connectivity index (χ1n) is 8.41. The fourth-order valence-electron chi connectivity index (χ4n) is 3.50. The molecule has 0 bridgehead atoms. The standard InChI is InChI=1S/C19H21F4NO2/c1-17(2,3)26-16(25)24-10-18(11-24)8-12(9-18)6-13-4-5-14(7-15(13)20)19(21,22)23/h4-7H,8-11H2,1-3H3. The van der Waals surface area contributed by atoms with E-state index in [-0.39, 0.29) is 17.1 Å². The number of nitrogens with zero attached hydrogens (tertiary/aromatic N) is 1. The van der Waals surface area contributed by atoms with Crippen LogP contribution in [0.1, 0.15) is 44.7 Å². The molecule has 1 aromatic rings. The first-order chi connectivity index (χ1) is 11.9. The van der Waals surface area contributed by atoms with Gasteiger partial charge in [0.1, 0.15) is 11.4 Å². The quantitative estimate of drug-likeness (QED) is 0.631. The maximum atomic E-state index is 13.9. The van der Waals surface area contributed by atoms with Crippen LogP contribution in [0.5, 0.6) is 0 Å². The van der Waals surface area contributed by atoms with E-state index in [1.54, 1.807) is 11.0 Å². The van der Waals surface area contributed by atoms with Crippen LogP contribution < -0.4 is 0 Å². The molecule has 0 radical (unpaired) electrons. The number of halogens is 4. The number of carbonyl (C=O) groups is 1. The molecular weight excluding hydrogens is 350 g/mol. The molecule has 1 aromatic carbocycles. The van der Waals surface area contributed by atoms with Crippen LogP contribution in [0.2, 0.25) is 0 Å². The highest BCUT2D eigenvalue weighted by atomic mass is 19.4. The van der Waals surface area contributed by atoms with Gasteiger partial charge in [0.2, 0.25) is 0 Å². The van der Waals surface area contributed by atoms with Crippen molar-refractivity contribution in [3.05, 3.63) is 40.7 Å². The summed E-state index contributed by atoms with van der Waals surface area (Å²) in [6, 6.07) is 2.57. The van der Waals surface area contributed by atoms with Crippen molar-refractivity contribution in [1.82, 2.24) is 4.90 Å². The van der Waals surface area contributed by atoms with Crippen molar-refractivity contribution in [2.24, 2.45) is 5.41 Å². The molecule has 1 saturated carbocycles. The Hall–Kier alpha value is -2.05. The number of rotatable bonds is 1. The number of hydrogen-bond donors (Lipinski definition) is 0. The third-order valence-electron chi connectivity index (χ3n) is 4.60. The molecule has 7 heteroatoms. The predicted molar refractivity (Wildman–Crippen MR) is 88.9 cm³/mol. The Morgan fingerprint density at radius 3 is 2.31 bits per heavy atom. The molecule has 1 amide bonds. The lowest BCUT2D eigenvalue weighted by Crippen LogP contribution is -2.62. The van der Waals surface area contributed by atoms with Crippen LogP contribution in [0.25, 0.3) is 6.08 Å². The third-order valence-corrected chi connectivity index (χ3v) is 4.60. The van der Waals surface area contributed by atoms with Crippen molar-refractivity contribution in [3.63, 3.8) is 0 Å². The van der Waals surface area contributed by atoms with Gasteiger partial charge in [-0.15, -0.1) is 0 Å². The van der Waals surface area contributed by atoms with E-state index in [2.05, 4.69) is 0 Å². The van der Waals surface area contributed by atoms with Crippen LogP contribution in [0.15, 0.2) is 23.8 Å². The van der Waals surface area contributed by atoms with Gasteiger partial charge in [0.15, 0.2) is 0 Å². The molecule has 26 heavy (non-hydrogen) atoms. The number of likely N-dealkylation sites (tertiary alicyclic amines) is 1. The Kier molecular flexibility index (Phi) is 4.32. The number of ether oxygens (including phenoxy) is 1. The third kappa shape index (κ3) is 3.86. The average Bonchev–Trinajstić information content (AvgIpc) is 2.38. The van der Waals surface area contributed by atoms with E-state index in [4.69, 9.17) is 4.74 Å². The van der Waals surface area contributed by atoms with E-state index in [0.29, 0.717) is 32.0 Å². The molecule has 0 N–H and O–H groups in total. The van der Waals surface area contributed by atoms with Gasteiger partial charge in [-0.05, 0) is 45.7 Å². The molecular formula is C19H21F4NO2. The highest BCUT2D eigenvalue weighted by Gasteiger charge is 2.52. The van der Waals surface area contributed by atoms with Crippen LogP contribution in [-0.2, 0) is 10.9 Å². The fourth-order valence-corrected chi connectivity index (χ4v) is 3.50. The van der Waals surface area contributed by atoms with Gasteiger partial charge in [0, 0.05) is 24.1 Å². The van der Waals surface area contributed by atoms with Gasteiger partial charge in [-0.25, -0.2) is 9.18 Å². The first kappa shape index (κ1) is 18.7. The molecule has 3 nitrogen and oxygen atoms in total. The zero-order valence-corrected chi connectivity index (χ0v) is 14.9. The summed E-state index contributed by atoms with van der Waals surface area (Å²) in [5.74, 6) is -0.878. The normalized spacial score (nSPS) is 19.0. The number of hydrogen-bond acceptors (Lipinski definition) is 2. The Morgan fingerprint density at radius 1 is 1.19 bits per heavy atom. The molecule has 142 valence electrons. The summed E-state index contributed by atoms with van der Waals surface area (Å²) in [7, 11) is 0. The largest absolute Gasteiger partial charge is 0.444 e. The highest BCUT2D eigenvalue weighted by molar-refractivity contribution is 5.70. The van der Waals surface area contributed by atoms with Gasteiger partial charge in [0.25, 0.3) is 0 Å². The molecule has 1 saturated heterocycles. The molecule has 2 fully saturated rings. The van der Waals surface area contributed by atoms with Crippen molar-refractivity contribution in [2.45, 2.75) is 45.4 Å². The molecule has 1 spiro atoms. The minimum Gasteiger partial charge on any atom is -0.444 e. The number of alkyl halides is 3. The van der Waals surface area contributed by atoms with Crippen molar-refractivity contribution < 1.29 is 27.1 Å². The summed E-state index contributed by atoms with van der Waals surface area (Å²) in [5.41, 5.74) is -0.386. The fraction of sp³-hybridized carbons (Fsp3) is 0.526. The van der Waals surface area contributed by atoms with E-state index in [1.807, 2.05) is 20.8 Å². The highest BCUT2D eigenvalue weighted by Crippen LogP contribution is 2.52. The van der Waals surface area contributed by atoms with E-state index in [1.165, 1.54) is 0 Å². The lowest BCUT2D eigenvalue weighted by molar-refractivity contribution is -0.137. The van der Waals surface area contributed by atoms with Gasteiger partial charge in [-0.3, -0.25) is 0 Å². The van der Waals surface area contributed by atoms with Gasteiger partial charge in [0.05, 0.1) is 5.56 Å². The van der Waals surface area contributed by atoms with Crippen molar-refractivity contribution in [2.75, 3.05) is 13.1 Å². The van der Waals surface area contributed by atoms with Gasteiger partial charge < -0.3 is 9.64 Å². The van der Waals surface area contributed by atoms with Crippen LogP contribution in [-0.4, -0.2) is 29.7 Å². The lowest BCUT2D eigenvalue weighted by atomic mass is 9.60. The molecule has 3 rings (SSSR count). The maximum absolute atomic E-state index is 13.9. The van der Waals surface area contributed by atoms with Crippen molar-refractivity contribution in [3.8, 4) is 0 Å². The van der Waals surface area contributed by atoms with Crippen LogP contribution in [0.4, 0.5) is 22.4 Å². The second-order valence-corrected chi connectivity index (χ2v) is 8.23. The Labute approximate surface area is 149 Å². The minimum atomic E-state index is -4.55. The maximum Gasteiger partial charge on any atom is 0.416 e. The summed E-state index contributed by atoms with van der Waals surface area (Å²) in [6.07, 6.45) is -1.85. The predicted octanol–water partition coefficient (Wildman–Crippen LogP) is 5.26. The second-order valence-electron chi connectivity index (χ2n) is 8.23. The topological polar surface area (TPSA) is 29.5 Å². The van der Waals surface area contributed by atoms with Crippen LogP contribution in [0, 0.1) is 11.2 Å². The first-order valence-corrected chi connectivity index (χ1v) is 8.41. The molecule has 0 aromatic heterocycles. The van der Waals surface area contributed by atoms with Gasteiger partial charge in [-0.1, -0.05) is 17.7 Å². The van der Waals surface area contributed by atoms with Gasteiger partial charge in [-0.2, -0.15) is 13.2 Å². The zero-order chi connectivity index (χ0) is 19.3. The smallest absolute Gasteiger partial charge is 0.416 e. The van der Waals surface area contributed by atoms with Crippen LogP contribution in [0.3, 0.4) is 0 Å². The molecule has 1 aliphatic heterocycles. The Morgan fingerprint density at radius 2 is 1.81 bits per heavy atom. The molecule has 1 aliphatic carbocycles.